The van der Waals surface area contributed by atoms with Gasteiger partial charge in [0.2, 0.25) is 10.0 Å². The highest BCUT2D eigenvalue weighted by Gasteiger charge is 2.37. The average molecular weight is 368 g/mol. The molecule has 0 unspecified atom stereocenters. The molecule has 1 aromatic heterocycles. The number of nitrogens with zero attached hydrogens (tertiary/aromatic N) is 2. The lowest BCUT2D eigenvalue weighted by Gasteiger charge is -2.14. The molecule has 0 saturated heterocycles. The summed E-state index contributed by atoms with van der Waals surface area (Å²) < 4.78 is 66.9. The lowest BCUT2D eigenvalue weighted by atomic mass is 10.2. The molecule has 0 saturated carbocycles. The Balaban J connectivity index is 2.10. The van der Waals surface area contributed by atoms with Gasteiger partial charge in [0.25, 0.3) is 0 Å². The summed E-state index contributed by atoms with van der Waals surface area (Å²) in [5, 5.41) is 3.76. The monoisotopic (exact) mass is 367 g/mol. The minimum atomic E-state index is -4.82. The smallest absolute Gasteiger partial charge is 0.273 e. The number of sulfonamides is 1. The molecule has 5 nitrogen and oxygen atoms in total. The van der Waals surface area contributed by atoms with Gasteiger partial charge in [0.05, 0.1) is 10.5 Å². The topological polar surface area (TPSA) is 64.0 Å². The van der Waals surface area contributed by atoms with E-state index in [1.807, 2.05) is 0 Å². The molecule has 0 fully saturated rings. The highest BCUT2D eigenvalue weighted by molar-refractivity contribution is 7.89. The number of hydrogen-bond donors (Lipinski definition) is 1. The number of rotatable bonds is 6. The van der Waals surface area contributed by atoms with Crippen molar-refractivity contribution < 1.29 is 21.6 Å². The summed E-state index contributed by atoms with van der Waals surface area (Å²) in [6.45, 7) is 0.435. The van der Waals surface area contributed by atoms with Crippen LogP contribution in [0.1, 0.15) is 12.0 Å². The van der Waals surface area contributed by atoms with Crippen LogP contribution in [0.2, 0.25) is 5.02 Å². The van der Waals surface area contributed by atoms with E-state index < -0.39 is 26.7 Å². The highest BCUT2D eigenvalue weighted by Crippen LogP contribution is 2.35. The molecule has 0 aliphatic carbocycles. The molecule has 0 radical (unpaired) electrons. The van der Waals surface area contributed by atoms with Crippen molar-refractivity contribution in [3.05, 3.63) is 47.2 Å². The number of hydrogen-bond acceptors (Lipinski definition) is 3. The van der Waals surface area contributed by atoms with Gasteiger partial charge in [-0.05, 0) is 30.7 Å². The molecule has 0 bridgehead atoms. The molecule has 0 aliphatic heterocycles. The van der Waals surface area contributed by atoms with Crippen LogP contribution in [-0.2, 0) is 22.7 Å². The first-order chi connectivity index (χ1) is 10.7. The van der Waals surface area contributed by atoms with Gasteiger partial charge in [-0.1, -0.05) is 11.6 Å². The molecule has 0 amide bonds. The van der Waals surface area contributed by atoms with Crippen LogP contribution in [0.15, 0.2) is 41.6 Å². The van der Waals surface area contributed by atoms with Crippen molar-refractivity contribution in [1.82, 2.24) is 14.5 Å². The first-order valence-electron chi connectivity index (χ1n) is 6.54. The van der Waals surface area contributed by atoms with E-state index in [0.717, 1.165) is 12.1 Å². The second kappa shape index (κ2) is 6.90. The molecule has 10 heteroatoms. The summed E-state index contributed by atoms with van der Waals surface area (Å²) >= 11 is 5.53. The van der Waals surface area contributed by atoms with Gasteiger partial charge in [-0.2, -0.15) is 18.3 Å². The third-order valence-corrected chi connectivity index (χ3v) is 4.71. The molecule has 126 valence electrons. The van der Waals surface area contributed by atoms with E-state index >= 15 is 0 Å². The van der Waals surface area contributed by atoms with Crippen molar-refractivity contribution in [2.75, 3.05) is 6.54 Å². The Morgan fingerprint density at radius 3 is 2.65 bits per heavy atom. The van der Waals surface area contributed by atoms with E-state index in [-0.39, 0.29) is 11.6 Å². The predicted octanol–water partition coefficient (Wildman–Crippen LogP) is 2.92. The maximum absolute atomic E-state index is 13.0. The number of halogens is 4. The fraction of sp³-hybridized carbons (Fsp3) is 0.308. The summed E-state index contributed by atoms with van der Waals surface area (Å²) in [6.07, 6.45) is -1.15. The predicted molar refractivity (Wildman–Crippen MR) is 78.5 cm³/mol. The third kappa shape index (κ3) is 4.69. The fourth-order valence-corrected chi connectivity index (χ4v) is 3.37. The molecule has 2 aromatic rings. The van der Waals surface area contributed by atoms with E-state index in [1.165, 1.54) is 0 Å². The average Bonchev–Trinajstić information content (AvgIpc) is 2.95. The maximum atomic E-state index is 13.0. The summed E-state index contributed by atoms with van der Waals surface area (Å²) in [4.78, 5) is -0.839. The minimum Gasteiger partial charge on any atom is -0.273 e. The van der Waals surface area contributed by atoms with Crippen LogP contribution < -0.4 is 4.72 Å². The van der Waals surface area contributed by atoms with E-state index in [9.17, 15) is 21.6 Å². The molecule has 1 aromatic carbocycles. The number of aromatic nitrogens is 2. The Morgan fingerprint density at radius 2 is 2.04 bits per heavy atom. The molecule has 0 atom stereocenters. The largest absolute Gasteiger partial charge is 0.417 e. The van der Waals surface area contributed by atoms with Gasteiger partial charge in [0.15, 0.2) is 0 Å². The van der Waals surface area contributed by atoms with Gasteiger partial charge in [-0.15, -0.1) is 0 Å². The fourth-order valence-electron chi connectivity index (χ4n) is 1.92. The first-order valence-corrected chi connectivity index (χ1v) is 8.40. The Labute approximate surface area is 136 Å². The van der Waals surface area contributed by atoms with Crippen LogP contribution in [0.3, 0.4) is 0 Å². The van der Waals surface area contributed by atoms with Gasteiger partial charge in [-0.25, -0.2) is 13.1 Å². The van der Waals surface area contributed by atoms with Crippen LogP contribution in [0, 0.1) is 0 Å². The molecule has 1 N–H and O–H groups in total. The van der Waals surface area contributed by atoms with Crippen LogP contribution in [0.5, 0.6) is 0 Å². The Kier molecular flexibility index (Phi) is 5.33. The zero-order valence-electron chi connectivity index (χ0n) is 11.7. The van der Waals surface area contributed by atoms with Crippen molar-refractivity contribution >= 4 is 21.6 Å². The Bertz CT molecular complexity index is 761. The van der Waals surface area contributed by atoms with Gasteiger partial charge in [0.1, 0.15) is 0 Å². The summed E-state index contributed by atoms with van der Waals surface area (Å²) in [5.74, 6) is 0. The Morgan fingerprint density at radius 1 is 1.30 bits per heavy atom. The first kappa shape index (κ1) is 17.8. The molecular weight excluding hydrogens is 355 g/mol. The quantitative estimate of drug-likeness (QED) is 0.798. The minimum absolute atomic E-state index is 0.0118. The van der Waals surface area contributed by atoms with Crippen molar-refractivity contribution in [3.63, 3.8) is 0 Å². The third-order valence-electron chi connectivity index (χ3n) is 2.95. The normalized spacial score (nSPS) is 12.5. The van der Waals surface area contributed by atoms with E-state index in [4.69, 9.17) is 11.6 Å². The molecular formula is C13H13ClF3N3O2S. The van der Waals surface area contributed by atoms with Gasteiger partial charge in [0, 0.05) is 30.5 Å². The SMILES string of the molecule is O=S(=O)(NCCCn1cccn1)c1ccc(Cl)cc1C(F)(F)F. The van der Waals surface area contributed by atoms with Crippen LogP contribution in [-0.4, -0.2) is 24.7 Å². The van der Waals surface area contributed by atoms with Crippen LogP contribution in [0.25, 0.3) is 0 Å². The van der Waals surface area contributed by atoms with Gasteiger partial charge < -0.3 is 0 Å². The number of benzene rings is 1. The zero-order chi connectivity index (χ0) is 17.1. The molecule has 2 rings (SSSR count). The Hall–Kier alpha value is -1.58. The van der Waals surface area contributed by atoms with Crippen LogP contribution >= 0.6 is 11.6 Å². The lowest BCUT2D eigenvalue weighted by molar-refractivity contribution is -0.139. The number of nitrogens with one attached hydrogen (secondary N) is 1. The number of aryl methyl sites for hydroxylation is 1. The van der Waals surface area contributed by atoms with Gasteiger partial charge in [-0.3, -0.25) is 4.68 Å². The van der Waals surface area contributed by atoms with Crippen molar-refractivity contribution in [3.8, 4) is 0 Å². The lowest BCUT2D eigenvalue weighted by Crippen LogP contribution is -2.28. The molecule has 0 aliphatic rings. The maximum Gasteiger partial charge on any atom is 0.417 e. The highest BCUT2D eigenvalue weighted by atomic mass is 35.5. The standard InChI is InChI=1S/C13H13ClF3N3O2S/c14-10-3-4-12(11(9-10)13(15,16)17)23(21,22)19-6-2-8-20-7-1-5-18-20/h1,3-5,7,9,19H,2,6,8H2. The van der Waals surface area contributed by atoms with Crippen LogP contribution in [0.4, 0.5) is 13.2 Å². The molecule has 23 heavy (non-hydrogen) atoms. The number of alkyl halides is 3. The summed E-state index contributed by atoms with van der Waals surface area (Å²) in [5.41, 5.74) is -1.29. The second-order valence-electron chi connectivity index (χ2n) is 4.66. The van der Waals surface area contributed by atoms with Crippen molar-refractivity contribution in [2.24, 2.45) is 0 Å². The molecule has 1 heterocycles. The van der Waals surface area contributed by atoms with E-state index in [0.29, 0.717) is 19.0 Å². The van der Waals surface area contributed by atoms with E-state index in [2.05, 4.69) is 9.82 Å². The van der Waals surface area contributed by atoms with Crippen molar-refractivity contribution in [1.29, 1.82) is 0 Å². The van der Waals surface area contributed by atoms with E-state index in [1.54, 1.807) is 23.1 Å². The summed E-state index contributed by atoms with van der Waals surface area (Å²) in [6, 6.07) is 4.27. The molecule has 0 spiro atoms. The second-order valence-corrected chi connectivity index (χ2v) is 6.83. The zero-order valence-corrected chi connectivity index (χ0v) is 13.3. The summed E-state index contributed by atoms with van der Waals surface area (Å²) in [7, 11) is -4.29. The van der Waals surface area contributed by atoms with Gasteiger partial charge >= 0.3 is 6.18 Å². The van der Waals surface area contributed by atoms with Crippen molar-refractivity contribution in [2.45, 2.75) is 24.0 Å².